The summed E-state index contributed by atoms with van der Waals surface area (Å²) in [6.07, 6.45) is 2.53. The van der Waals surface area contributed by atoms with E-state index in [1.54, 1.807) is 0 Å². The molecular formula is C11H24N4. The highest BCUT2D eigenvalue weighted by molar-refractivity contribution is 4.97. The molecule has 0 saturated carbocycles. The molecule has 2 rings (SSSR count). The molecule has 1 atom stereocenters. The minimum Gasteiger partial charge on any atom is -0.329 e. The maximum Gasteiger partial charge on any atom is 0.0457 e. The molecule has 0 aliphatic carbocycles. The van der Waals surface area contributed by atoms with E-state index in [1.165, 1.54) is 39.0 Å². The van der Waals surface area contributed by atoms with Gasteiger partial charge in [-0.05, 0) is 26.4 Å². The first-order valence-corrected chi connectivity index (χ1v) is 6.11. The van der Waals surface area contributed by atoms with Crippen molar-refractivity contribution in [1.29, 1.82) is 0 Å². The lowest BCUT2D eigenvalue weighted by atomic mass is 9.87. The number of nitrogens with two attached hydrogens (primary N) is 1. The van der Waals surface area contributed by atoms with Gasteiger partial charge >= 0.3 is 0 Å². The summed E-state index contributed by atoms with van der Waals surface area (Å²) >= 11 is 0. The molecule has 0 aromatic rings. The lowest BCUT2D eigenvalue weighted by Gasteiger charge is -2.49. The fourth-order valence-electron chi connectivity index (χ4n) is 2.81. The summed E-state index contributed by atoms with van der Waals surface area (Å²) in [7, 11) is 2.20. The largest absolute Gasteiger partial charge is 0.329 e. The van der Waals surface area contributed by atoms with E-state index >= 15 is 0 Å². The summed E-state index contributed by atoms with van der Waals surface area (Å²) in [6, 6.07) is 0. The monoisotopic (exact) mass is 212 g/mol. The Labute approximate surface area is 92.8 Å². The molecule has 0 amide bonds. The maximum atomic E-state index is 6.01. The van der Waals surface area contributed by atoms with Gasteiger partial charge in [0.2, 0.25) is 0 Å². The van der Waals surface area contributed by atoms with Crippen LogP contribution in [0.4, 0.5) is 0 Å². The number of nitrogens with one attached hydrogen (secondary N) is 1. The number of hydrogen-bond donors (Lipinski definition) is 2. The molecule has 1 unspecified atom stereocenters. The Morgan fingerprint density at radius 1 is 1.27 bits per heavy atom. The van der Waals surface area contributed by atoms with Crippen molar-refractivity contribution in [2.75, 3.05) is 52.9 Å². The first-order chi connectivity index (χ1) is 7.27. The minimum absolute atomic E-state index is 0.250. The van der Waals surface area contributed by atoms with Gasteiger partial charge in [0.05, 0.1) is 0 Å². The van der Waals surface area contributed by atoms with Crippen molar-refractivity contribution in [1.82, 2.24) is 15.1 Å². The third-order valence-electron chi connectivity index (χ3n) is 4.00. The highest BCUT2D eigenvalue weighted by Crippen LogP contribution is 2.24. The molecule has 2 aliphatic heterocycles. The molecule has 3 N–H and O–H groups in total. The third-order valence-corrected chi connectivity index (χ3v) is 4.00. The molecule has 15 heavy (non-hydrogen) atoms. The lowest BCUT2D eigenvalue weighted by Crippen LogP contribution is -2.65. The third kappa shape index (κ3) is 2.33. The molecule has 2 aliphatic rings. The van der Waals surface area contributed by atoms with Crippen LogP contribution in [-0.4, -0.2) is 68.2 Å². The van der Waals surface area contributed by atoms with Gasteiger partial charge in [0.1, 0.15) is 0 Å². The van der Waals surface area contributed by atoms with Gasteiger partial charge in [-0.15, -0.1) is 0 Å². The number of piperazine rings is 1. The van der Waals surface area contributed by atoms with Gasteiger partial charge in [0.15, 0.2) is 0 Å². The second kappa shape index (κ2) is 4.78. The summed E-state index contributed by atoms with van der Waals surface area (Å²) in [4.78, 5) is 5.01. The molecule has 4 heteroatoms. The molecule has 0 spiro atoms. The van der Waals surface area contributed by atoms with E-state index in [2.05, 4.69) is 22.2 Å². The van der Waals surface area contributed by atoms with Crippen LogP contribution in [0.5, 0.6) is 0 Å². The lowest BCUT2D eigenvalue weighted by molar-refractivity contribution is 0.0280. The summed E-state index contributed by atoms with van der Waals surface area (Å²) < 4.78 is 0. The maximum absolute atomic E-state index is 6.01. The number of rotatable bonds is 2. The highest BCUT2D eigenvalue weighted by atomic mass is 15.3. The Morgan fingerprint density at radius 2 is 2.00 bits per heavy atom. The second-order valence-electron chi connectivity index (χ2n) is 5.00. The first kappa shape index (κ1) is 11.3. The SMILES string of the molecule is CN1CCN(C2(CN)CCCNC2)CC1. The van der Waals surface area contributed by atoms with Gasteiger partial charge in [-0.25, -0.2) is 0 Å². The highest BCUT2D eigenvalue weighted by Gasteiger charge is 2.37. The fourth-order valence-corrected chi connectivity index (χ4v) is 2.81. The van der Waals surface area contributed by atoms with Crippen LogP contribution >= 0.6 is 0 Å². The smallest absolute Gasteiger partial charge is 0.0457 e. The van der Waals surface area contributed by atoms with Crippen LogP contribution in [0.15, 0.2) is 0 Å². The predicted molar refractivity (Wildman–Crippen MR) is 63.0 cm³/mol. The molecule has 4 nitrogen and oxygen atoms in total. The van der Waals surface area contributed by atoms with E-state index in [-0.39, 0.29) is 5.54 Å². The van der Waals surface area contributed by atoms with Crippen molar-refractivity contribution in [3.63, 3.8) is 0 Å². The molecule has 0 bridgehead atoms. The summed E-state index contributed by atoms with van der Waals surface area (Å²) in [5.74, 6) is 0. The second-order valence-corrected chi connectivity index (χ2v) is 5.00. The zero-order valence-corrected chi connectivity index (χ0v) is 9.84. The molecule has 2 heterocycles. The Morgan fingerprint density at radius 3 is 2.53 bits per heavy atom. The van der Waals surface area contributed by atoms with E-state index < -0.39 is 0 Å². The van der Waals surface area contributed by atoms with Crippen LogP contribution in [0.3, 0.4) is 0 Å². The van der Waals surface area contributed by atoms with Crippen LogP contribution in [0, 0.1) is 0 Å². The van der Waals surface area contributed by atoms with Crippen molar-refractivity contribution in [3.05, 3.63) is 0 Å². The summed E-state index contributed by atoms with van der Waals surface area (Å²) in [5, 5.41) is 3.50. The van der Waals surface area contributed by atoms with Gasteiger partial charge in [0, 0.05) is 44.8 Å². The van der Waals surface area contributed by atoms with Gasteiger partial charge in [-0.3, -0.25) is 4.90 Å². The Bertz CT molecular complexity index is 193. The normalized spacial score (nSPS) is 35.6. The van der Waals surface area contributed by atoms with Gasteiger partial charge in [0.25, 0.3) is 0 Å². The van der Waals surface area contributed by atoms with Crippen LogP contribution in [0.2, 0.25) is 0 Å². The number of hydrogen-bond acceptors (Lipinski definition) is 4. The molecule has 2 saturated heterocycles. The van der Waals surface area contributed by atoms with E-state index in [1.807, 2.05) is 0 Å². The number of nitrogens with zero attached hydrogens (tertiary/aromatic N) is 2. The Kier molecular flexibility index (Phi) is 3.61. The van der Waals surface area contributed by atoms with Gasteiger partial charge in [-0.1, -0.05) is 0 Å². The predicted octanol–water partition coefficient (Wildman–Crippen LogP) is -0.685. The van der Waals surface area contributed by atoms with Crippen molar-refractivity contribution < 1.29 is 0 Å². The van der Waals surface area contributed by atoms with E-state index in [9.17, 15) is 0 Å². The molecule has 0 aromatic carbocycles. The van der Waals surface area contributed by atoms with Crippen LogP contribution in [0.25, 0.3) is 0 Å². The topological polar surface area (TPSA) is 44.5 Å². The van der Waals surface area contributed by atoms with Crippen molar-refractivity contribution in [3.8, 4) is 0 Å². The summed E-state index contributed by atoms with van der Waals surface area (Å²) in [5.41, 5.74) is 6.26. The van der Waals surface area contributed by atoms with Crippen LogP contribution < -0.4 is 11.1 Å². The van der Waals surface area contributed by atoms with E-state index in [0.717, 1.165) is 19.6 Å². The average molecular weight is 212 g/mol. The standard InChI is InChI=1S/C11H24N4/c1-14-5-7-15(8-6-14)11(9-12)3-2-4-13-10-11/h13H,2-10,12H2,1H3. The zero-order valence-electron chi connectivity index (χ0n) is 9.84. The quantitative estimate of drug-likeness (QED) is 0.636. The summed E-state index contributed by atoms with van der Waals surface area (Å²) in [6.45, 7) is 7.75. The van der Waals surface area contributed by atoms with Crippen LogP contribution in [0.1, 0.15) is 12.8 Å². The molecule has 2 fully saturated rings. The van der Waals surface area contributed by atoms with E-state index in [4.69, 9.17) is 5.73 Å². The molecule has 0 radical (unpaired) electrons. The first-order valence-electron chi connectivity index (χ1n) is 6.11. The molecule has 0 aromatic heterocycles. The zero-order chi connectivity index (χ0) is 10.7. The number of piperidine rings is 1. The van der Waals surface area contributed by atoms with Gasteiger partial charge < -0.3 is 16.0 Å². The fraction of sp³-hybridized carbons (Fsp3) is 1.00. The molecular weight excluding hydrogens is 188 g/mol. The van der Waals surface area contributed by atoms with Crippen molar-refractivity contribution >= 4 is 0 Å². The van der Waals surface area contributed by atoms with Crippen molar-refractivity contribution in [2.24, 2.45) is 5.73 Å². The number of likely N-dealkylation sites (N-methyl/N-ethyl adjacent to an activating group) is 1. The van der Waals surface area contributed by atoms with E-state index in [0.29, 0.717) is 0 Å². The van der Waals surface area contributed by atoms with Gasteiger partial charge in [-0.2, -0.15) is 0 Å². The molecule has 88 valence electrons. The van der Waals surface area contributed by atoms with Crippen molar-refractivity contribution in [2.45, 2.75) is 18.4 Å². The Balaban J connectivity index is 1.98. The minimum atomic E-state index is 0.250. The average Bonchev–Trinajstić information content (AvgIpc) is 2.31. The van der Waals surface area contributed by atoms with Crippen LogP contribution in [-0.2, 0) is 0 Å². The Hall–Kier alpha value is -0.160.